The maximum atomic E-state index is 12.4. The van der Waals surface area contributed by atoms with Crippen LogP contribution < -0.4 is 5.32 Å². The summed E-state index contributed by atoms with van der Waals surface area (Å²) in [6.07, 6.45) is 2.50. The van der Waals surface area contributed by atoms with Crippen LogP contribution in [-0.2, 0) is 18.4 Å². The molecule has 27 heavy (non-hydrogen) atoms. The second-order valence-corrected chi connectivity index (χ2v) is 8.35. The number of nitrogens with zero attached hydrogens (tertiary/aromatic N) is 4. The number of hydrogen-bond acceptors (Lipinski definition) is 5. The Balaban J connectivity index is 1.48. The van der Waals surface area contributed by atoms with E-state index in [2.05, 4.69) is 33.8 Å². The van der Waals surface area contributed by atoms with E-state index in [0.717, 1.165) is 30.0 Å². The fourth-order valence-electron chi connectivity index (χ4n) is 4.17. The number of aromatic nitrogens is 3. The molecule has 0 spiro atoms. The smallest absolute Gasteiger partial charge is 0.223 e. The van der Waals surface area contributed by atoms with Gasteiger partial charge in [-0.3, -0.25) is 14.5 Å². The number of carbonyl (C=O) groups excluding carboxylic acids is 1. The molecule has 0 aromatic carbocycles. The third-order valence-corrected chi connectivity index (χ3v) is 6.50. The second-order valence-electron chi connectivity index (χ2n) is 7.40. The number of likely N-dealkylation sites (tertiary alicyclic amines) is 1. The van der Waals surface area contributed by atoms with Gasteiger partial charge in [-0.1, -0.05) is 0 Å². The van der Waals surface area contributed by atoms with Crippen LogP contribution in [-0.4, -0.2) is 39.2 Å². The van der Waals surface area contributed by atoms with Crippen LogP contribution in [0.15, 0.2) is 23.7 Å². The topological polar surface area (TPSA) is 63.1 Å². The Morgan fingerprint density at radius 2 is 2.15 bits per heavy atom. The molecule has 0 unspecified atom stereocenters. The third kappa shape index (κ3) is 3.26. The number of hydrogen-bond donors (Lipinski definition) is 1. The first kappa shape index (κ1) is 18.1. The SMILES string of the molecule is Cc1nn(C)c(C)c1[C@H]1[C@H](CNCc2cnc3ccsc3c2)CC(=O)N1C. The van der Waals surface area contributed by atoms with Gasteiger partial charge in [-0.2, -0.15) is 5.10 Å². The molecule has 1 saturated heterocycles. The minimum absolute atomic E-state index is 0.0802. The average Bonchev–Trinajstić information content (AvgIpc) is 3.27. The molecule has 1 fully saturated rings. The molecule has 0 bridgehead atoms. The molecule has 1 aliphatic heterocycles. The van der Waals surface area contributed by atoms with Crippen molar-refractivity contribution < 1.29 is 4.79 Å². The molecule has 7 heteroatoms. The summed E-state index contributed by atoms with van der Waals surface area (Å²) < 4.78 is 3.12. The van der Waals surface area contributed by atoms with Gasteiger partial charge in [0.15, 0.2) is 0 Å². The van der Waals surface area contributed by atoms with Crippen LogP contribution in [0.2, 0.25) is 0 Å². The number of amides is 1. The lowest BCUT2D eigenvalue weighted by Gasteiger charge is -2.26. The Hall–Kier alpha value is -2.25. The van der Waals surface area contributed by atoms with Gasteiger partial charge in [-0.05, 0) is 36.9 Å². The summed E-state index contributed by atoms with van der Waals surface area (Å²) in [5.41, 5.74) is 5.57. The molecule has 142 valence electrons. The van der Waals surface area contributed by atoms with Crippen molar-refractivity contribution in [1.29, 1.82) is 0 Å². The molecule has 0 aliphatic carbocycles. The Morgan fingerprint density at radius 1 is 1.33 bits per heavy atom. The zero-order valence-electron chi connectivity index (χ0n) is 16.2. The molecule has 0 saturated carbocycles. The summed E-state index contributed by atoms with van der Waals surface area (Å²) in [6, 6.07) is 4.32. The number of fused-ring (bicyclic) bond motifs is 1. The van der Waals surface area contributed by atoms with E-state index in [1.54, 1.807) is 11.3 Å². The van der Waals surface area contributed by atoms with Crippen molar-refractivity contribution >= 4 is 27.5 Å². The van der Waals surface area contributed by atoms with Gasteiger partial charge in [0.05, 0.1) is 22.0 Å². The van der Waals surface area contributed by atoms with E-state index in [0.29, 0.717) is 6.42 Å². The fourth-order valence-corrected chi connectivity index (χ4v) is 4.97. The summed E-state index contributed by atoms with van der Waals surface area (Å²) in [7, 11) is 3.87. The van der Waals surface area contributed by atoms with Gasteiger partial charge in [0.1, 0.15) is 0 Å². The van der Waals surface area contributed by atoms with Gasteiger partial charge in [0, 0.05) is 57.0 Å². The van der Waals surface area contributed by atoms with Crippen LogP contribution in [0.5, 0.6) is 0 Å². The zero-order chi connectivity index (χ0) is 19.1. The molecule has 3 aromatic heterocycles. The van der Waals surface area contributed by atoms with Crippen LogP contribution in [0.1, 0.15) is 35.0 Å². The number of rotatable bonds is 5. The Labute approximate surface area is 163 Å². The standard InChI is InChI=1S/C20H25N5OS/c1-12-19(13(2)25(4)23-12)20-15(8-18(26)24(20)3)11-21-9-14-7-17-16(22-10-14)5-6-27-17/h5-7,10,15,20-21H,8-9,11H2,1-4H3/t15-,20+/m0/s1. The molecular weight excluding hydrogens is 358 g/mol. The lowest BCUT2D eigenvalue weighted by Crippen LogP contribution is -2.29. The monoisotopic (exact) mass is 383 g/mol. The summed E-state index contributed by atoms with van der Waals surface area (Å²) in [5.74, 6) is 0.443. The van der Waals surface area contributed by atoms with E-state index in [1.807, 2.05) is 42.9 Å². The van der Waals surface area contributed by atoms with Crippen LogP contribution in [0, 0.1) is 19.8 Å². The first-order valence-electron chi connectivity index (χ1n) is 9.24. The Kier molecular flexibility index (Phi) is 4.74. The van der Waals surface area contributed by atoms with Crippen LogP contribution in [0.4, 0.5) is 0 Å². The summed E-state index contributed by atoms with van der Waals surface area (Å²) in [6.45, 7) is 5.66. The van der Waals surface area contributed by atoms with Crippen LogP contribution >= 0.6 is 11.3 Å². The number of carbonyl (C=O) groups is 1. The van der Waals surface area contributed by atoms with E-state index < -0.39 is 0 Å². The lowest BCUT2D eigenvalue weighted by atomic mass is 9.92. The minimum Gasteiger partial charge on any atom is -0.338 e. The molecule has 1 N–H and O–H groups in total. The van der Waals surface area contributed by atoms with E-state index in [-0.39, 0.29) is 17.9 Å². The van der Waals surface area contributed by atoms with Crippen LogP contribution in [0.3, 0.4) is 0 Å². The molecule has 4 heterocycles. The predicted octanol–water partition coefficient (Wildman–Crippen LogP) is 2.96. The Morgan fingerprint density at radius 3 is 2.89 bits per heavy atom. The van der Waals surface area contributed by atoms with E-state index in [4.69, 9.17) is 0 Å². The van der Waals surface area contributed by atoms with E-state index >= 15 is 0 Å². The van der Waals surface area contributed by atoms with Crippen molar-refractivity contribution in [2.45, 2.75) is 32.9 Å². The number of nitrogens with one attached hydrogen (secondary N) is 1. The highest BCUT2D eigenvalue weighted by atomic mass is 32.1. The van der Waals surface area contributed by atoms with Gasteiger partial charge in [0.25, 0.3) is 0 Å². The zero-order valence-corrected chi connectivity index (χ0v) is 17.0. The number of pyridine rings is 1. The highest BCUT2D eigenvalue weighted by Crippen LogP contribution is 2.39. The molecule has 1 amide bonds. The average molecular weight is 384 g/mol. The maximum Gasteiger partial charge on any atom is 0.223 e. The van der Waals surface area contributed by atoms with Gasteiger partial charge in [-0.15, -0.1) is 11.3 Å². The van der Waals surface area contributed by atoms with Crippen molar-refractivity contribution in [2.75, 3.05) is 13.6 Å². The normalized spacial score (nSPS) is 20.1. The highest BCUT2D eigenvalue weighted by Gasteiger charge is 2.40. The largest absolute Gasteiger partial charge is 0.338 e. The molecule has 1 aliphatic rings. The molecule has 3 aromatic rings. The summed E-state index contributed by atoms with van der Waals surface area (Å²) in [5, 5.41) is 10.2. The molecule has 4 rings (SSSR count). The first-order chi connectivity index (χ1) is 13.0. The summed E-state index contributed by atoms with van der Waals surface area (Å²) >= 11 is 1.71. The Bertz CT molecular complexity index is 992. The van der Waals surface area contributed by atoms with Gasteiger partial charge in [0.2, 0.25) is 5.91 Å². The summed E-state index contributed by atoms with van der Waals surface area (Å²) in [4.78, 5) is 18.8. The second kappa shape index (κ2) is 7.05. The van der Waals surface area contributed by atoms with Crippen molar-refractivity contribution in [3.8, 4) is 0 Å². The minimum atomic E-state index is 0.0802. The highest BCUT2D eigenvalue weighted by molar-refractivity contribution is 7.17. The van der Waals surface area contributed by atoms with E-state index in [9.17, 15) is 4.79 Å². The third-order valence-electron chi connectivity index (χ3n) is 5.65. The number of aryl methyl sites for hydroxylation is 2. The van der Waals surface area contributed by atoms with E-state index in [1.165, 1.54) is 15.8 Å². The van der Waals surface area contributed by atoms with Crippen molar-refractivity contribution in [3.05, 3.63) is 46.2 Å². The van der Waals surface area contributed by atoms with Crippen LogP contribution in [0.25, 0.3) is 10.2 Å². The van der Waals surface area contributed by atoms with Crippen molar-refractivity contribution in [3.63, 3.8) is 0 Å². The van der Waals surface area contributed by atoms with Crippen molar-refractivity contribution in [1.82, 2.24) is 25.0 Å². The quantitative estimate of drug-likeness (QED) is 0.736. The van der Waals surface area contributed by atoms with Gasteiger partial charge < -0.3 is 10.2 Å². The first-order valence-corrected chi connectivity index (χ1v) is 10.1. The van der Waals surface area contributed by atoms with Gasteiger partial charge in [-0.25, -0.2) is 0 Å². The molecule has 0 radical (unpaired) electrons. The number of thiophene rings is 1. The molecular formula is C20H25N5OS. The fraction of sp³-hybridized carbons (Fsp3) is 0.450. The van der Waals surface area contributed by atoms with Gasteiger partial charge >= 0.3 is 0 Å². The van der Waals surface area contributed by atoms with Crippen molar-refractivity contribution in [2.24, 2.45) is 13.0 Å². The molecule has 2 atom stereocenters. The lowest BCUT2D eigenvalue weighted by molar-refractivity contribution is -0.127. The maximum absolute atomic E-state index is 12.4. The predicted molar refractivity (Wildman–Crippen MR) is 108 cm³/mol. The molecule has 6 nitrogen and oxygen atoms in total.